The lowest BCUT2D eigenvalue weighted by Gasteiger charge is -2.17. The second-order valence-corrected chi connectivity index (χ2v) is 4.30. The van der Waals surface area contributed by atoms with Crippen LogP contribution in [0.25, 0.3) is 0 Å². The van der Waals surface area contributed by atoms with Gasteiger partial charge in [-0.05, 0) is 25.2 Å². The monoisotopic (exact) mass is 144 g/mol. The van der Waals surface area contributed by atoms with Crippen LogP contribution < -0.4 is 0 Å². The third kappa shape index (κ3) is 7.96. The van der Waals surface area contributed by atoms with Crippen LogP contribution in [0, 0.1) is 5.41 Å². The van der Waals surface area contributed by atoms with Crippen LogP contribution in [-0.2, 0) is 0 Å². The van der Waals surface area contributed by atoms with Crippen molar-refractivity contribution >= 4 is 0 Å². The first-order valence-electron chi connectivity index (χ1n) is 4.10. The van der Waals surface area contributed by atoms with Crippen LogP contribution in [0.15, 0.2) is 0 Å². The number of rotatable bonds is 3. The quantitative estimate of drug-likeness (QED) is 0.645. The van der Waals surface area contributed by atoms with E-state index in [0.29, 0.717) is 5.41 Å². The molecule has 0 heterocycles. The third-order valence-electron chi connectivity index (χ3n) is 1.55. The van der Waals surface area contributed by atoms with Crippen LogP contribution in [0.2, 0.25) is 0 Å². The summed E-state index contributed by atoms with van der Waals surface area (Å²) in [6.07, 6.45) is 3.17. The van der Waals surface area contributed by atoms with Gasteiger partial charge in [-0.3, -0.25) is 0 Å². The van der Waals surface area contributed by atoms with E-state index in [1.165, 1.54) is 6.42 Å². The van der Waals surface area contributed by atoms with E-state index < -0.39 is 0 Å². The molecule has 1 heteroatoms. The molecule has 0 amide bonds. The maximum Gasteiger partial charge on any atom is 0.0512 e. The molecule has 0 aliphatic heterocycles. The Labute approximate surface area is 64.5 Å². The van der Waals surface area contributed by atoms with E-state index in [1.54, 1.807) is 0 Å². The molecule has 0 bridgehead atoms. The van der Waals surface area contributed by atoms with E-state index in [0.717, 1.165) is 12.8 Å². The van der Waals surface area contributed by atoms with Gasteiger partial charge in [-0.1, -0.05) is 27.2 Å². The van der Waals surface area contributed by atoms with Crippen molar-refractivity contribution < 1.29 is 5.11 Å². The number of aliphatic hydroxyl groups is 1. The van der Waals surface area contributed by atoms with Crippen LogP contribution in [0.3, 0.4) is 0 Å². The molecule has 0 spiro atoms. The van der Waals surface area contributed by atoms with Gasteiger partial charge in [-0.2, -0.15) is 0 Å². The van der Waals surface area contributed by atoms with Gasteiger partial charge in [-0.15, -0.1) is 0 Å². The van der Waals surface area contributed by atoms with E-state index in [1.807, 2.05) is 6.92 Å². The molecule has 1 unspecified atom stereocenters. The lowest BCUT2D eigenvalue weighted by molar-refractivity contribution is 0.174. The zero-order valence-corrected chi connectivity index (χ0v) is 7.65. The van der Waals surface area contributed by atoms with Gasteiger partial charge in [0.2, 0.25) is 0 Å². The molecule has 0 rings (SSSR count). The maximum absolute atomic E-state index is 8.95. The standard InChI is InChI=1S/C9H20O/c1-8(10)6-5-7-9(2,3)4/h8,10H,5-7H2,1-4H3. The van der Waals surface area contributed by atoms with Crippen LogP contribution in [-0.4, -0.2) is 11.2 Å². The summed E-state index contributed by atoms with van der Waals surface area (Å²) in [6.45, 7) is 8.54. The molecule has 1 atom stereocenters. The summed E-state index contributed by atoms with van der Waals surface area (Å²) in [5, 5.41) is 8.95. The van der Waals surface area contributed by atoms with Crippen molar-refractivity contribution in [1.82, 2.24) is 0 Å². The van der Waals surface area contributed by atoms with Crippen molar-refractivity contribution in [3.63, 3.8) is 0 Å². The van der Waals surface area contributed by atoms with Crippen LogP contribution >= 0.6 is 0 Å². The highest BCUT2D eigenvalue weighted by molar-refractivity contribution is 4.61. The predicted molar refractivity (Wildman–Crippen MR) is 45.0 cm³/mol. The summed E-state index contributed by atoms with van der Waals surface area (Å²) in [7, 11) is 0. The summed E-state index contributed by atoms with van der Waals surface area (Å²) in [6, 6.07) is 0. The van der Waals surface area contributed by atoms with Gasteiger partial charge in [0.1, 0.15) is 0 Å². The van der Waals surface area contributed by atoms with E-state index in [4.69, 9.17) is 5.11 Å². The van der Waals surface area contributed by atoms with Crippen molar-refractivity contribution in [2.75, 3.05) is 0 Å². The van der Waals surface area contributed by atoms with Crippen molar-refractivity contribution in [1.29, 1.82) is 0 Å². The van der Waals surface area contributed by atoms with E-state index in [9.17, 15) is 0 Å². The average molecular weight is 144 g/mol. The molecule has 0 aromatic carbocycles. The molecule has 10 heavy (non-hydrogen) atoms. The van der Waals surface area contributed by atoms with Gasteiger partial charge in [0, 0.05) is 0 Å². The fourth-order valence-corrected chi connectivity index (χ4v) is 0.928. The Morgan fingerprint density at radius 3 is 2.10 bits per heavy atom. The minimum Gasteiger partial charge on any atom is -0.393 e. The third-order valence-corrected chi connectivity index (χ3v) is 1.55. The van der Waals surface area contributed by atoms with E-state index >= 15 is 0 Å². The topological polar surface area (TPSA) is 20.2 Å². The first-order chi connectivity index (χ1) is 4.42. The Morgan fingerprint density at radius 1 is 1.30 bits per heavy atom. The fourth-order valence-electron chi connectivity index (χ4n) is 0.928. The highest BCUT2D eigenvalue weighted by Gasteiger charge is 2.09. The molecule has 0 aliphatic rings. The molecular weight excluding hydrogens is 124 g/mol. The fraction of sp³-hybridized carbons (Fsp3) is 1.00. The lowest BCUT2D eigenvalue weighted by Crippen LogP contribution is -2.07. The minimum absolute atomic E-state index is 0.123. The number of hydrogen-bond donors (Lipinski definition) is 1. The van der Waals surface area contributed by atoms with Crippen molar-refractivity contribution in [3.8, 4) is 0 Å². The zero-order chi connectivity index (χ0) is 8.20. The summed E-state index contributed by atoms with van der Waals surface area (Å²) < 4.78 is 0. The average Bonchev–Trinajstić information content (AvgIpc) is 1.59. The molecule has 62 valence electrons. The normalized spacial score (nSPS) is 15.3. The molecule has 0 aliphatic carbocycles. The molecular formula is C9H20O. The summed E-state index contributed by atoms with van der Waals surface area (Å²) in [5.41, 5.74) is 0.425. The first-order valence-corrected chi connectivity index (χ1v) is 4.10. The van der Waals surface area contributed by atoms with Crippen molar-refractivity contribution in [2.24, 2.45) is 5.41 Å². The SMILES string of the molecule is CC(O)CCCC(C)(C)C. The first kappa shape index (κ1) is 9.96. The van der Waals surface area contributed by atoms with Gasteiger partial charge in [0.15, 0.2) is 0 Å². The Bertz CT molecular complexity index is 79.2. The van der Waals surface area contributed by atoms with E-state index in [2.05, 4.69) is 20.8 Å². The summed E-state index contributed by atoms with van der Waals surface area (Å²) in [4.78, 5) is 0. The Hall–Kier alpha value is -0.0400. The predicted octanol–water partition coefficient (Wildman–Crippen LogP) is 2.58. The summed E-state index contributed by atoms with van der Waals surface area (Å²) in [5.74, 6) is 0. The molecule has 0 saturated carbocycles. The van der Waals surface area contributed by atoms with Gasteiger partial charge in [-0.25, -0.2) is 0 Å². The molecule has 1 nitrogen and oxygen atoms in total. The molecule has 0 aromatic rings. The van der Waals surface area contributed by atoms with Gasteiger partial charge < -0.3 is 5.11 Å². The smallest absolute Gasteiger partial charge is 0.0512 e. The second kappa shape index (κ2) is 3.97. The molecule has 0 aromatic heterocycles. The van der Waals surface area contributed by atoms with Crippen molar-refractivity contribution in [2.45, 2.75) is 53.1 Å². The van der Waals surface area contributed by atoms with Gasteiger partial charge >= 0.3 is 0 Å². The van der Waals surface area contributed by atoms with Crippen LogP contribution in [0.1, 0.15) is 47.0 Å². The summed E-state index contributed by atoms with van der Waals surface area (Å²) >= 11 is 0. The molecule has 0 radical (unpaired) electrons. The molecule has 1 N–H and O–H groups in total. The van der Waals surface area contributed by atoms with E-state index in [-0.39, 0.29) is 6.10 Å². The number of hydrogen-bond acceptors (Lipinski definition) is 1. The highest BCUT2D eigenvalue weighted by Crippen LogP contribution is 2.21. The highest BCUT2D eigenvalue weighted by atomic mass is 16.3. The number of aliphatic hydroxyl groups excluding tert-OH is 1. The lowest BCUT2D eigenvalue weighted by atomic mass is 9.89. The van der Waals surface area contributed by atoms with Crippen LogP contribution in [0.5, 0.6) is 0 Å². The van der Waals surface area contributed by atoms with Gasteiger partial charge in [0.25, 0.3) is 0 Å². The van der Waals surface area contributed by atoms with Crippen molar-refractivity contribution in [3.05, 3.63) is 0 Å². The minimum atomic E-state index is -0.123. The molecule has 0 saturated heterocycles. The maximum atomic E-state index is 8.95. The Morgan fingerprint density at radius 2 is 1.80 bits per heavy atom. The molecule has 0 fully saturated rings. The Kier molecular flexibility index (Phi) is 3.95. The van der Waals surface area contributed by atoms with Gasteiger partial charge in [0.05, 0.1) is 6.10 Å². The second-order valence-electron chi connectivity index (χ2n) is 4.30. The van der Waals surface area contributed by atoms with Crippen LogP contribution in [0.4, 0.5) is 0 Å². The zero-order valence-electron chi connectivity index (χ0n) is 7.65. The largest absolute Gasteiger partial charge is 0.393 e. The Balaban J connectivity index is 3.21.